The summed E-state index contributed by atoms with van der Waals surface area (Å²) in [4.78, 5) is 0. The first-order valence-electron chi connectivity index (χ1n) is 5.68. The van der Waals surface area contributed by atoms with E-state index in [1.165, 1.54) is 0 Å². The smallest absolute Gasteiger partial charge is 0.260 e. The van der Waals surface area contributed by atoms with E-state index >= 15 is 0 Å². The molecule has 0 aliphatic rings. The van der Waals surface area contributed by atoms with Gasteiger partial charge in [0.2, 0.25) is 0 Å². The molecule has 0 amide bonds. The first-order valence-corrected chi connectivity index (χ1v) is 7.78. The van der Waals surface area contributed by atoms with Crippen molar-refractivity contribution in [3.8, 4) is 5.75 Å². The van der Waals surface area contributed by atoms with Gasteiger partial charge < -0.3 is 9.16 Å². The van der Waals surface area contributed by atoms with Crippen LogP contribution in [0.2, 0.25) is 6.04 Å². The fourth-order valence-corrected chi connectivity index (χ4v) is 3.49. The van der Waals surface area contributed by atoms with Gasteiger partial charge >= 0.3 is 0 Å². The van der Waals surface area contributed by atoms with Gasteiger partial charge in [-0.15, -0.1) is 0 Å². The van der Waals surface area contributed by atoms with Crippen LogP contribution in [0.3, 0.4) is 0 Å². The highest BCUT2D eigenvalue weighted by Gasteiger charge is 2.12. The number of ether oxygens (including phenoxy) is 1. The molecule has 16 heavy (non-hydrogen) atoms. The SMILES string of the molecule is C=Cc1cccc(O[SiH](CCC)COC)c1. The quantitative estimate of drug-likeness (QED) is 0.678. The fourth-order valence-electron chi connectivity index (χ4n) is 1.59. The molecule has 0 aromatic heterocycles. The zero-order chi connectivity index (χ0) is 11.8. The summed E-state index contributed by atoms with van der Waals surface area (Å²) in [5, 5.41) is 0. The molecule has 1 rings (SSSR count). The molecular formula is C13H20O2Si. The Labute approximate surface area is 99.6 Å². The van der Waals surface area contributed by atoms with E-state index < -0.39 is 9.04 Å². The average molecular weight is 236 g/mol. The maximum atomic E-state index is 6.00. The molecule has 2 nitrogen and oxygen atoms in total. The molecule has 0 saturated heterocycles. The Hall–Kier alpha value is -1.06. The predicted molar refractivity (Wildman–Crippen MR) is 71.3 cm³/mol. The van der Waals surface area contributed by atoms with E-state index in [2.05, 4.69) is 13.5 Å². The zero-order valence-corrected chi connectivity index (χ0v) is 11.3. The monoisotopic (exact) mass is 236 g/mol. The molecule has 0 spiro atoms. The van der Waals surface area contributed by atoms with Crippen LogP contribution in [0, 0.1) is 0 Å². The van der Waals surface area contributed by atoms with Gasteiger partial charge in [0.25, 0.3) is 9.04 Å². The Kier molecular flexibility index (Phi) is 5.89. The maximum absolute atomic E-state index is 6.00. The molecule has 3 heteroatoms. The minimum Gasteiger partial charge on any atom is -0.544 e. The average Bonchev–Trinajstić information content (AvgIpc) is 2.30. The van der Waals surface area contributed by atoms with E-state index in [4.69, 9.17) is 9.16 Å². The van der Waals surface area contributed by atoms with Gasteiger partial charge in [0, 0.05) is 7.11 Å². The van der Waals surface area contributed by atoms with Crippen LogP contribution in [-0.2, 0) is 4.74 Å². The van der Waals surface area contributed by atoms with E-state index in [9.17, 15) is 0 Å². The molecule has 0 heterocycles. The summed E-state index contributed by atoms with van der Waals surface area (Å²) >= 11 is 0. The van der Waals surface area contributed by atoms with Crippen LogP contribution in [0.4, 0.5) is 0 Å². The Balaban J connectivity index is 2.64. The molecule has 0 radical (unpaired) electrons. The lowest BCUT2D eigenvalue weighted by Gasteiger charge is -2.16. The van der Waals surface area contributed by atoms with Crippen LogP contribution >= 0.6 is 0 Å². The number of hydrogen-bond donors (Lipinski definition) is 0. The van der Waals surface area contributed by atoms with E-state index in [0.29, 0.717) is 0 Å². The highest BCUT2D eigenvalue weighted by atomic mass is 28.3. The molecular weight excluding hydrogens is 216 g/mol. The van der Waals surface area contributed by atoms with Gasteiger partial charge in [-0.3, -0.25) is 0 Å². The molecule has 1 aromatic rings. The van der Waals surface area contributed by atoms with Crippen LogP contribution in [0.1, 0.15) is 18.9 Å². The third-order valence-electron chi connectivity index (χ3n) is 2.36. The lowest BCUT2D eigenvalue weighted by Crippen LogP contribution is -2.27. The highest BCUT2D eigenvalue weighted by Crippen LogP contribution is 2.16. The van der Waals surface area contributed by atoms with Gasteiger partial charge in [-0.05, 0) is 23.7 Å². The fraction of sp³-hybridized carbons (Fsp3) is 0.385. The highest BCUT2D eigenvalue weighted by molar-refractivity contribution is 6.52. The van der Waals surface area contributed by atoms with Gasteiger partial charge in [0.15, 0.2) is 0 Å². The molecule has 0 aliphatic heterocycles. The Morgan fingerprint density at radius 3 is 2.88 bits per heavy atom. The second-order valence-electron chi connectivity index (χ2n) is 3.76. The summed E-state index contributed by atoms with van der Waals surface area (Å²) in [5.41, 5.74) is 1.10. The molecule has 1 atom stereocenters. The zero-order valence-electron chi connectivity index (χ0n) is 10.1. The topological polar surface area (TPSA) is 18.5 Å². The van der Waals surface area contributed by atoms with Crippen molar-refractivity contribution in [2.24, 2.45) is 0 Å². The third kappa shape index (κ3) is 4.21. The lowest BCUT2D eigenvalue weighted by atomic mass is 10.2. The van der Waals surface area contributed by atoms with Crippen molar-refractivity contribution < 1.29 is 9.16 Å². The standard InChI is InChI=1S/C13H20O2Si/c1-4-9-16(11-14-3)15-13-8-6-7-12(5-2)10-13/h5-8,10,16H,2,4,9,11H2,1,3H3. The minimum atomic E-state index is -1.25. The van der Waals surface area contributed by atoms with Crippen LogP contribution in [-0.4, -0.2) is 22.4 Å². The van der Waals surface area contributed by atoms with Gasteiger partial charge in [-0.1, -0.05) is 38.1 Å². The van der Waals surface area contributed by atoms with Crippen LogP contribution in [0.5, 0.6) is 5.75 Å². The van der Waals surface area contributed by atoms with Crippen molar-refractivity contribution in [1.82, 2.24) is 0 Å². The summed E-state index contributed by atoms with van der Waals surface area (Å²) in [7, 11) is 0.487. The molecule has 1 unspecified atom stereocenters. The molecule has 0 bridgehead atoms. The van der Waals surface area contributed by atoms with E-state index in [1.54, 1.807) is 7.11 Å². The van der Waals surface area contributed by atoms with Crippen molar-refractivity contribution >= 4 is 15.1 Å². The van der Waals surface area contributed by atoms with Crippen LogP contribution in [0.25, 0.3) is 6.08 Å². The predicted octanol–water partition coefficient (Wildman–Crippen LogP) is 3.03. The van der Waals surface area contributed by atoms with Crippen LogP contribution < -0.4 is 4.43 Å². The first-order chi connectivity index (χ1) is 7.80. The summed E-state index contributed by atoms with van der Waals surface area (Å²) in [6.07, 6.45) is 3.76. The van der Waals surface area contributed by atoms with Crippen molar-refractivity contribution in [3.05, 3.63) is 36.4 Å². The second-order valence-corrected chi connectivity index (χ2v) is 6.15. The van der Waals surface area contributed by atoms with Crippen molar-refractivity contribution in [2.75, 3.05) is 13.3 Å². The normalized spacial score (nSPS) is 12.1. The van der Waals surface area contributed by atoms with Gasteiger partial charge in [-0.2, -0.15) is 0 Å². The molecule has 0 N–H and O–H groups in total. The molecule has 0 aliphatic carbocycles. The van der Waals surface area contributed by atoms with E-state index in [1.807, 2.05) is 30.3 Å². The Morgan fingerprint density at radius 2 is 2.25 bits per heavy atom. The van der Waals surface area contributed by atoms with Crippen LogP contribution in [0.15, 0.2) is 30.8 Å². The number of hydrogen-bond acceptors (Lipinski definition) is 2. The van der Waals surface area contributed by atoms with Crippen molar-refractivity contribution in [3.63, 3.8) is 0 Å². The lowest BCUT2D eigenvalue weighted by molar-refractivity contribution is 0.238. The van der Waals surface area contributed by atoms with Gasteiger partial charge in [0.05, 0.1) is 6.23 Å². The van der Waals surface area contributed by atoms with E-state index in [-0.39, 0.29) is 0 Å². The first kappa shape index (κ1) is 13.0. The van der Waals surface area contributed by atoms with Gasteiger partial charge in [-0.25, -0.2) is 0 Å². The largest absolute Gasteiger partial charge is 0.544 e. The molecule has 0 saturated carbocycles. The molecule has 88 valence electrons. The van der Waals surface area contributed by atoms with Gasteiger partial charge in [0.1, 0.15) is 5.75 Å². The maximum Gasteiger partial charge on any atom is 0.260 e. The summed E-state index contributed by atoms with van der Waals surface area (Å²) in [6.45, 7) is 5.93. The van der Waals surface area contributed by atoms with E-state index in [0.717, 1.165) is 30.0 Å². The molecule has 1 aromatic carbocycles. The van der Waals surface area contributed by atoms with Crippen molar-refractivity contribution in [2.45, 2.75) is 19.4 Å². The summed E-state index contributed by atoms with van der Waals surface area (Å²) < 4.78 is 11.2. The number of methoxy groups -OCH3 is 1. The third-order valence-corrected chi connectivity index (χ3v) is 4.89. The molecule has 0 fully saturated rings. The second kappa shape index (κ2) is 7.25. The van der Waals surface area contributed by atoms with Crippen molar-refractivity contribution in [1.29, 1.82) is 0 Å². The summed E-state index contributed by atoms with van der Waals surface area (Å²) in [5.74, 6) is 0.944. The Bertz CT molecular complexity index is 319. The number of benzene rings is 1. The number of rotatable bonds is 7. The Morgan fingerprint density at radius 1 is 1.44 bits per heavy atom. The minimum absolute atomic E-state index is 0.770. The summed E-state index contributed by atoms with van der Waals surface area (Å²) in [6, 6.07) is 9.19.